The standard InChI is InChI=1S/C15H24N4O2/c1-11(2)16-9-12-5-4-8-19(10-12)14-7-6-13(17-18-14)15(20)21-3/h6-7,11-12,16H,4-5,8-10H2,1-3H3. The summed E-state index contributed by atoms with van der Waals surface area (Å²) in [7, 11) is 1.34. The zero-order valence-corrected chi connectivity index (χ0v) is 13.0. The Hall–Kier alpha value is -1.69. The molecule has 1 aliphatic rings. The minimum absolute atomic E-state index is 0.247. The molecule has 0 amide bonds. The summed E-state index contributed by atoms with van der Waals surface area (Å²) in [5.41, 5.74) is 0.247. The van der Waals surface area contributed by atoms with Crippen LogP contribution in [0.15, 0.2) is 12.1 Å². The van der Waals surface area contributed by atoms with Gasteiger partial charge in [-0.3, -0.25) is 0 Å². The minimum Gasteiger partial charge on any atom is -0.464 e. The van der Waals surface area contributed by atoms with E-state index in [0.29, 0.717) is 12.0 Å². The molecule has 2 rings (SSSR count). The monoisotopic (exact) mass is 292 g/mol. The number of carbonyl (C=O) groups is 1. The van der Waals surface area contributed by atoms with Crippen molar-refractivity contribution in [2.75, 3.05) is 31.6 Å². The second-order valence-electron chi connectivity index (χ2n) is 5.79. The van der Waals surface area contributed by atoms with Crippen molar-refractivity contribution in [3.63, 3.8) is 0 Å². The molecule has 1 aromatic heterocycles. The summed E-state index contributed by atoms with van der Waals surface area (Å²) < 4.78 is 4.63. The van der Waals surface area contributed by atoms with Gasteiger partial charge in [0.05, 0.1) is 7.11 Å². The Bertz CT molecular complexity index is 461. The van der Waals surface area contributed by atoms with E-state index in [9.17, 15) is 4.79 Å². The Kier molecular flexibility index (Phi) is 5.50. The van der Waals surface area contributed by atoms with Crippen LogP contribution in [0.25, 0.3) is 0 Å². The molecule has 1 unspecified atom stereocenters. The molecule has 1 N–H and O–H groups in total. The number of carbonyl (C=O) groups excluding carboxylic acids is 1. The lowest BCUT2D eigenvalue weighted by Crippen LogP contribution is -2.41. The van der Waals surface area contributed by atoms with Crippen molar-refractivity contribution in [3.8, 4) is 0 Å². The average Bonchev–Trinajstić information content (AvgIpc) is 2.52. The fraction of sp³-hybridized carbons (Fsp3) is 0.667. The number of aromatic nitrogens is 2. The van der Waals surface area contributed by atoms with Crippen molar-refractivity contribution in [2.45, 2.75) is 32.7 Å². The lowest BCUT2D eigenvalue weighted by molar-refractivity contribution is 0.0592. The molecular formula is C15H24N4O2. The molecule has 1 fully saturated rings. The van der Waals surface area contributed by atoms with Crippen LogP contribution in [0, 0.1) is 5.92 Å². The third kappa shape index (κ3) is 4.39. The van der Waals surface area contributed by atoms with E-state index in [1.54, 1.807) is 6.07 Å². The number of anilines is 1. The zero-order valence-electron chi connectivity index (χ0n) is 13.0. The molecule has 0 spiro atoms. The molecule has 6 nitrogen and oxygen atoms in total. The van der Waals surface area contributed by atoms with E-state index < -0.39 is 5.97 Å². The molecule has 21 heavy (non-hydrogen) atoms. The number of nitrogens with one attached hydrogen (secondary N) is 1. The van der Waals surface area contributed by atoms with Gasteiger partial charge in [-0.05, 0) is 37.4 Å². The molecular weight excluding hydrogens is 268 g/mol. The fourth-order valence-corrected chi connectivity index (χ4v) is 2.55. The second-order valence-corrected chi connectivity index (χ2v) is 5.79. The molecule has 0 aliphatic carbocycles. The lowest BCUT2D eigenvalue weighted by atomic mass is 9.98. The predicted octanol–water partition coefficient (Wildman–Crippen LogP) is 1.48. The number of piperidine rings is 1. The summed E-state index contributed by atoms with van der Waals surface area (Å²) in [4.78, 5) is 13.6. The molecule has 1 saturated heterocycles. The van der Waals surface area contributed by atoms with Gasteiger partial charge in [-0.2, -0.15) is 0 Å². The molecule has 116 valence electrons. The molecule has 1 aliphatic heterocycles. The van der Waals surface area contributed by atoms with Crippen LogP contribution < -0.4 is 10.2 Å². The normalized spacial score (nSPS) is 18.9. The van der Waals surface area contributed by atoms with Crippen LogP contribution in [-0.4, -0.2) is 49.0 Å². The number of hydrogen-bond donors (Lipinski definition) is 1. The molecule has 1 aromatic rings. The van der Waals surface area contributed by atoms with Crippen molar-refractivity contribution in [2.24, 2.45) is 5.92 Å². The van der Waals surface area contributed by atoms with Crippen LogP contribution in [0.2, 0.25) is 0 Å². The Morgan fingerprint density at radius 1 is 1.48 bits per heavy atom. The van der Waals surface area contributed by atoms with Crippen molar-refractivity contribution >= 4 is 11.8 Å². The van der Waals surface area contributed by atoms with Crippen molar-refractivity contribution in [1.29, 1.82) is 0 Å². The van der Waals surface area contributed by atoms with Gasteiger partial charge in [0.2, 0.25) is 0 Å². The summed E-state index contributed by atoms with van der Waals surface area (Å²) in [6.45, 7) is 7.33. The van der Waals surface area contributed by atoms with E-state index >= 15 is 0 Å². The van der Waals surface area contributed by atoms with Gasteiger partial charge < -0.3 is 15.0 Å². The molecule has 0 radical (unpaired) electrons. The summed E-state index contributed by atoms with van der Waals surface area (Å²) in [5, 5.41) is 11.6. The second kappa shape index (κ2) is 7.36. The van der Waals surface area contributed by atoms with Crippen molar-refractivity contribution in [3.05, 3.63) is 17.8 Å². The fourth-order valence-electron chi connectivity index (χ4n) is 2.55. The third-order valence-electron chi connectivity index (χ3n) is 3.70. The SMILES string of the molecule is COC(=O)c1ccc(N2CCCC(CNC(C)C)C2)nn1. The maximum Gasteiger partial charge on any atom is 0.358 e. The van der Waals surface area contributed by atoms with Crippen LogP contribution in [0.3, 0.4) is 0 Å². The Balaban J connectivity index is 1.96. The van der Waals surface area contributed by atoms with Crippen LogP contribution in [0.4, 0.5) is 5.82 Å². The van der Waals surface area contributed by atoms with Crippen LogP contribution in [-0.2, 0) is 4.74 Å². The van der Waals surface area contributed by atoms with Crippen molar-refractivity contribution in [1.82, 2.24) is 15.5 Å². The summed E-state index contributed by atoms with van der Waals surface area (Å²) in [5.74, 6) is 1.01. The molecule has 1 atom stereocenters. The predicted molar refractivity (Wildman–Crippen MR) is 81.4 cm³/mol. The molecule has 0 saturated carbocycles. The Labute approximate surface area is 125 Å². The lowest BCUT2D eigenvalue weighted by Gasteiger charge is -2.33. The van der Waals surface area contributed by atoms with Crippen LogP contribution >= 0.6 is 0 Å². The minimum atomic E-state index is -0.452. The topological polar surface area (TPSA) is 67.3 Å². The highest BCUT2D eigenvalue weighted by atomic mass is 16.5. The molecule has 6 heteroatoms. The quantitative estimate of drug-likeness (QED) is 0.829. The third-order valence-corrected chi connectivity index (χ3v) is 3.70. The average molecular weight is 292 g/mol. The Morgan fingerprint density at radius 3 is 2.90 bits per heavy atom. The largest absolute Gasteiger partial charge is 0.464 e. The zero-order chi connectivity index (χ0) is 15.2. The van der Waals surface area contributed by atoms with Gasteiger partial charge in [-0.15, -0.1) is 10.2 Å². The highest BCUT2D eigenvalue weighted by Gasteiger charge is 2.21. The molecule has 2 heterocycles. The number of nitrogens with zero attached hydrogens (tertiary/aromatic N) is 3. The van der Waals surface area contributed by atoms with Gasteiger partial charge in [0.15, 0.2) is 11.5 Å². The van der Waals surface area contributed by atoms with Crippen LogP contribution in [0.1, 0.15) is 37.2 Å². The summed E-state index contributed by atoms with van der Waals surface area (Å²) in [6.07, 6.45) is 2.40. The summed E-state index contributed by atoms with van der Waals surface area (Å²) >= 11 is 0. The van der Waals surface area contributed by atoms with E-state index in [-0.39, 0.29) is 5.69 Å². The maximum atomic E-state index is 11.4. The van der Waals surface area contributed by atoms with Gasteiger partial charge in [0, 0.05) is 19.1 Å². The Morgan fingerprint density at radius 2 is 2.29 bits per heavy atom. The van der Waals surface area contributed by atoms with Gasteiger partial charge in [-0.1, -0.05) is 13.8 Å². The van der Waals surface area contributed by atoms with Gasteiger partial charge >= 0.3 is 5.97 Å². The number of esters is 1. The first-order chi connectivity index (χ1) is 10.1. The highest BCUT2D eigenvalue weighted by Crippen LogP contribution is 2.21. The van der Waals surface area contributed by atoms with E-state index in [1.807, 2.05) is 6.07 Å². The van der Waals surface area contributed by atoms with E-state index in [1.165, 1.54) is 13.5 Å². The highest BCUT2D eigenvalue weighted by molar-refractivity contribution is 5.86. The first-order valence-electron chi connectivity index (χ1n) is 7.50. The van der Waals surface area contributed by atoms with E-state index in [0.717, 1.165) is 31.9 Å². The van der Waals surface area contributed by atoms with Crippen LogP contribution in [0.5, 0.6) is 0 Å². The number of ether oxygens (including phenoxy) is 1. The number of rotatable bonds is 5. The van der Waals surface area contributed by atoms with Gasteiger partial charge in [-0.25, -0.2) is 4.79 Å². The first kappa shape index (κ1) is 15.7. The first-order valence-corrected chi connectivity index (χ1v) is 7.50. The maximum absolute atomic E-state index is 11.4. The summed E-state index contributed by atoms with van der Waals surface area (Å²) in [6, 6.07) is 4.03. The molecule has 0 bridgehead atoms. The van der Waals surface area contributed by atoms with E-state index in [4.69, 9.17) is 0 Å². The molecule has 0 aromatic carbocycles. The smallest absolute Gasteiger partial charge is 0.358 e. The number of methoxy groups -OCH3 is 1. The van der Waals surface area contributed by atoms with Gasteiger partial charge in [0.25, 0.3) is 0 Å². The van der Waals surface area contributed by atoms with E-state index in [2.05, 4.69) is 39.0 Å². The van der Waals surface area contributed by atoms with Crippen molar-refractivity contribution < 1.29 is 9.53 Å². The number of hydrogen-bond acceptors (Lipinski definition) is 6. The van der Waals surface area contributed by atoms with Gasteiger partial charge in [0.1, 0.15) is 0 Å².